The maximum absolute atomic E-state index is 13.8. The quantitative estimate of drug-likeness (QED) is 0.807. The van der Waals surface area contributed by atoms with Crippen molar-refractivity contribution in [3.05, 3.63) is 16.9 Å². The van der Waals surface area contributed by atoms with Gasteiger partial charge in [0.15, 0.2) is 11.6 Å². The second kappa shape index (κ2) is 5.20. The van der Waals surface area contributed by atoms with Gasteiger partial charge < -0.3 is 21.1 Å². The van der Waals surface area contributed by atoms with Crippen molar-refractivity contribution >= 4 is 23.0 Å². The van der Waals surface area contributed by atoms with Gasteiger partial charge in [0.2, 0.25) is 0 Å². The average Bonchev–Trinajstić information content (AvgIpc) is 3.14. The summed E-state index contributed by atoms with van der Waals surface area (Å²) < 4.78 is 19.2. The Kier molecular flexibility index (Phi) is 3.82. The first kappa shape index (κ1) is 13.2. The molecule has 1 aliphatic carbocycles. The zero-order chi connectivity index (χ0) is 13.3. The molecular formula is C12H17ClFN3O. The van der Waals surface area contributed by atoms with Gasteiger partial charge in [-0.1, -0.05) is 11.6 Å². The number of hydrogen-bond acceptors (Lipinski definition) is 4. The summed E-state index contributed by atoms with van der Waals surface area (Å²) in [5, 5.41) is -0.144. The van der Waals surface area contributed by atoms with Gasteiger partial charge in [0.05, 0.1) is 11.4 Å². The van der Waals surface area contributed by atoms with E-state index in [4.69, 9.17) is 27.8 Å². The Morgan fingerprint density at radius 1 is 1.44 bits per heavy atom. The molecule has 1 aromatic carbocycles. The molecule has 0 amide bonds. The largest absolute Gasteiger partial charge is 0.487 e. The fourth-order valence-corrected chi connectivity index (χ4v) is 1.93. The minimum absolute atomic E-state index is 0.0154. The van der Waals surface area contributed by atoms with E-state index in [2.05, 4.69) is 4.90 Å². The molecule has 1 fully saturated rings. The molecule has 0 spiro atoms. The third-order valence-electron chi connectivity index (χ3n) is 3.08. The Hall–Kier alpha value is -1.20. The average molecular weight is 274 g/mol. The Morgan fingerprint density at radius 3 is 2.72 bits per heavy atom. The van der Waals surface area contributed by atoms with Crippen LogP contribution >= 0.6 is 11.6 Å². The van der Waals surface area contributed by atoms with Crippen LogP contribution in [0.4, 0.5) is 15.8 Å². The summed E-state index contributed by atoms with van der Waals surface area (Å²) in [5.41, 5.74) is 11.5. The van der Waals surface area contributed by atoms with E-state index >= 15 is 0 Å². The topological polar surface area (TPSA) is 64.5 Å². The lowest BCUT2D eigenvalue weighted by molar-refractivity contribution is 0.226. The number of anilines is 2. The Morgan fingerprint density at radius 2 is 2.11 bits per heavy atom. The maximum atomic E-state index is 13.8. The molecule has 0 atom stereocenters. The second-order valence-electron chi connectivity index (χ2n) is 4.57. The van der Waals surface area contributed by atoms with Crippen molar-refractivity contribution in [1.82, 2.24) is 4.90 Å². The van der Waals surface area contributed by atoms with E-state index in [0.717, 1.165) is 6.54 Å². The maximum Gasteiger partial charge on any atom is 0.187 e. The summed E-state index contributed by atoms with van der Waals surface area (Å²) >= 11 is 5.71. The smallest absolute Gasteiger partial charge is 0.187 e. The van der Waals surface area contributed by atoms with Crippen LogP contribution in [-0.4, -0.2) is 31.1 Å². The van der Waals surface area contributed by atoms with Gasteiger partial charge in [-0.15, -0.1) is 0 Å². The first-order chi connectivity index (χ1) is 8.50. The van der Waals surface area contributed by atoms with Gasteiger partial charge in [-0.25, -0.2) is 4.39 Å². The fourth-order valence-electron chi connectivity index (χ4n) is 1.79. The van der Waals surface area contributed by atoms with Crippen molar-refractivity contribution in [2.75, 3.05) is 31.7 Å². The van der Waals surface area contributed by atoms with E-state index in [-0.39, 0.29) is 22.1 Å². The molecule has 4 N–H and O–H groups in total. The van der Waals surface area contributed by atoms with E-state index in [9.17, 15) is 4.39 Å². The van der Waals surface area contributed by atoms with E-state index in [1.54, 1.807) is 0 Å². The lowest BCUT2D eigenvalue weighted by Crippen LogP contribution is -2.26. The molecular weight excluding hydrogens is 257 g/mol. The number of halogens is 2. The molecule has 0 aromatic heterocycles. The van der Waals surface area contributed by atoms with Crippen LogP contribution in [0.1, 0.15) is 12.8 Å². The van der Waals surface area contributed by atoms with Gasteiger partial charge in [-0.3, -0.25) is 0 Å². The number of nitrogens with zero attached hydrogens (tertiary/aromatic N) is 1. The van der Waals surface area contributed by atoms with Crippen LogP contribution in [0.5, 0.6) is 5.75 Å². The minimum atomic E-state index is -0.691. The molecule has 2 rings (SSSR count). The molecule has 4 nitrogen and oxygen atoms in total. The number of rotatable bonds is 5. The van der Waals surface area contributed by atoms with Crippen LogP contribution in [-0.2, 0) is 0 Å². The molecule has 0 heterocycles. The number of nitrogen functional groups attached to an aromatic ring is 2. The third-order valence-corrected chi connectivity index (χ3v) is 3.46. The molecule has 18 heavy (non-hydrogen) atoms. The number of hydrogen-bond donors (Lipinski definition) is 2. The predicted molar refractivity (Wildman–Crippen MR) is 71.4 cm³/mol. The Balaban J connectivity index is 1.98. The number of ether oxygens (including phenoxy) is 1. The van der Waals surface area contributed by atoms with Gasteiger partial charge >= 0.3 is 0 Å². The molecule has 1 saturated carbocycles. The van der Waals surface area contributed by atoms with Gasteiger partial charge in [0.1, 0.15) is 11.6 Å². The zero-order valence-corrected chi connectivity index (χ0v) is 11.0. The molecule has 0 aliphatic heterocycles. The van der Waals surface area contributed by atoms with Crippen LogP contribution in [0, 0.1) is 5.82 Å². The highest BCUT2D eigenvalue weighted by Crippen LogP contribution is 2.35. The number of nitrogens with two attached hydrogens (primary N) is 2. The highest BCUT2D eigenvalue weighted by atomic mass is 35.5. The molecule has 0 radical (unpaired) electrons. The van der Waals surface area contributed by atoms with E-state index in [1.165, 1.54) is 18.9 Å². The van der Waals surface area contributed by atoms with Crippen molar-refractivity contribution in [3.8, 4) is 5.75 Å². The lowest BCUT2D eigenvalue weighted by Gasteiger charge is -2.17. The van der Waals surface area contributed by atoms with Gasteiger partial charge in [0, 0.05) is 12.6 Å². The summed E-state index contributed by atoms with van der Waals surface area (Å²) in [6.07, 6.45) is 2.45. The molecule has 0 saturated heterocycles. The van der Waals surface area contributed by atoms with Crippen LogP contribution in [0.2, 0.25) is 5.02 Å². The number of likely N-dealkylation sites (N-methyl/N-ethyl adjacent to an activating group) is 1. The monoisotopic (exact) mass is 273 g/mol. The molecule has 1 aromatic rings. The van der Waals surface area contributed by atoms with Crippen LogP contribution in [0.3, 0.4) is 0 Å². The summed E-state index contributed by atoms with van der Waals surface area (Å²) in [6.45, 7) is 1.10. The Bertz CT molecular complexity index is 451. The fraction of sp³-hybridized carbons (Fsp3) is 0.500. The third kappa shape index (κ3) is 2.79. The van der Waals surface area contributed by atoms with Gasteiger partial charge in [0.25, 0.3) is 0 Å². The summed E-state index contributed by atoms with van der Waals surface area (Å²) in [7, 11) is 2.02. The van der Waals surface area contributed by atoms with E-state index < -0.39 is 5.82 Å². The highest BCUT2D eigenvalue weighted by Gasteiger charge is 2.25. The molecule has 6 heteroatoms. The van der Waals surface area contributed by atoms with Crippen LogP contribution in [0.25, 0.3) is 0 Å². The zero-order valence-electron chi connectivity index (χ0n) is 10.2. The van der Waals surface area contributed by atoms with Crippen molar-refractivity contribution in [2.24, 2.45) is 0 Å². The van der Waals surface area contributed by atoms with Gasteiger partial charge in [-0.2, -0.15) is 0 Å². The summed E-state index contributed by atoms with van der Waals surface area (Å²) in [5.74, 6) is -0.707. The lowest BCUT2D eigenvalue weighted by atomic mass is 10.2. The first-order valence-corrected chi connectivity index (χ1v) is 6.24. The summed E-state index contributed by atoms with van der Waals surface area (Å²) in [4.78, 5) is 2.19. The Labute approximate surface area is 111 Å². The van der Waals surface area contributed by atoms with Crippen molar-refractivity contribution < 1.29 is 9.13 Å². The first-order valence-electron chi connectivity index (χ1n) is 5.86. The van der Waals surface area contributed by atoms with Crippen molar-refractivity contribution in [2.45, 2.75) is 18.9 Å². The second-order valence-corrected chi connectivity index (χ2v) is 4.95. The van der Waals surface area contributed by atoms with Crippen LogP contribution < -0.4 is 16.2 Å². The predicted octanol–water partition coefficient (Wildman–Crippen LogP) is 2.12. The molecule has 100 valence electrons. The normalized spacial score (nSPS) is 15.1. The number of benzene rings is 1. The molecule has 0 unspecified atom stereocenters. The van der Waals surface area contributed by atoms with Crippen molar-refractivity contribution in [1.29, 1.82) is 0 Å². The van der Waals surface area contributed by atoms with Crippen molar-refractivity contribution in [3.63, 3.8) is 0 Å². The molecule has 1 aliphatic rings. The summed E-state index contributed by atoms with van der Waals surface area (Å²) in [6, 6.07) is 2.05. The van der Waals surface area contributed by atoms with E-state index in [0.29, 0.717) is 12.6 Å². The molecule has 0 bridgehead atoms. The SMILES string of the molecule is CN(CCOc1c(N)cc(N)c(Cl)c1F)C1CC1. The standard InChI is InChI=1S/C12H17ClFN3O/c1-17(7-2-3-7)4-5-18-12-9(16)6-8(15)10(13)11(12)14/h6-7H,2-5,15-16H2,1H3. The highest BCUT2D eigenvalue weighted by molar-refractivity contribution is 6.33. The van der Waals surface area contributed by atoms with E-state index in [1.807, 2.05) is 7.05 Å². The van der Waals surface area contributed by atoms with Gasteiger partial charge in [-0.05, 0) is 26.0 Å². The minimum Gasteiger partial charge on any atom is -0.487 e. The van der Waals surface area contributed by atoms with Crippen LogP contribution in [0.15, 0.2) is 6.07 Å².